The van der Waals surface area contributed by atoms with Gasteiger partial charge in [0.2, 0.25) is 23.6 Å². The molecule has 0 radical (unpaired) electrons. The van der Waals surface area contributed by atoms with E-state index in [-0.39, 0.29) is 131 Å². The number of rotatable bonds is 28. The van der Waals surface area contributed by atoms with Gasteiger partial charge < -0.3 is 25.8 Å². The highest BCUT2D eigenvalue weighted by atomic mass is 35.5. The smallest absolute Gasteiger partial charge is 0.296 e. The predicted octanol–water partition coefficient (Wildman–Crippen LogP) is 11.6. The second-order valence-corrected chi connectivity index (χ2v) is 30.5. The number of benzene rings is 5. The fraction of sp³-hybridized carbons (Fsp3) is 0.259. The molecule has 0 aliphatic rings. The summed E-state index contributed by atoms with van der Waals surface area (Å²) in [5.41, 5.74) is -3.06. The number of aromatic hydroxyl groups is 1. The van der Waals surface area contributed by atoms with Gasteiger partial charge >= 0.3 is 0 Å². The molecule has 3 amide bonds. The molecule has 0 fully saturated rings. The van der Waals surface area contributed by atoms with Crippen LogP contribution in [0.2, 0.25) is 5.02 Å². The van der Waals surface area contributed by atoms with Crippen LogP contribution in [0.1, 0.15) is 62.3 Å². The number of imidazole rings is 1. The molecule has 2 aromatic heterocycles. The van der Waals surface area contributed by atoms with E-state index in [9.17, 15) is 94.9 Å². The lowest BCUT2D eigenvalue weighted by Crippen LogP contribution is -2.09. The van der Waals surface area contributed by atoms with E-state index in [0.29, 0.717) is 5.56 Å². The average molecular weight is 1490 g/mol. The fourth-order valence-corrected chi connectivity index (χ4v) is 14.1. The predicted molar refractivity (Wildman–Crippen MR) is 353 cm³/mol. The molecule has 97 heavy (non-hydrogen) atoms. The van der Waals surface area contributed by atoms with Crippen LogP contribution in [-0.4, -0.2) is 132 Å². The van der Waals surface area contributed by atoms with Gasteiger partial charge in [-0.25, -0.2) is 4.98 Å². The number of carbonyl (C=O) groups excluding carboxylic acids is 3. The summed E-state index contributed by atoms with van der Waals surface area (Å²) in [5, 5.41) is 73.4. The van der Waals surface area contributed by atoms with E-state index in [1.807, 2.05) is 6.07 Å². The van der Waals surface area contributed by atoms with Gasteiger partial charge in [-0.15, -0.1) is 64.4 Å². The van der Waals surface area contributed by atoms with Crippen molar-refractivity contribution >= 4 is 183 Å². The van der Waals surface area contributed by atoms with E-state index in [4.69, 9.17) is 16.3 Å². The number of pyridine rings is 1. The maximum absolute atomic E-state index is 12.9. The van der Waals surface area contributed by atoms with Crippen LogP contribution in [0.4, 0.5) is 62.6 Å². The van der Waals surface area contributed by atoms with Gasteiger partial charge in [-0.1, -0.05) is 17.7 Å². The summed E-state index contributed by atoms with van der Waals surface area (Å²) in [6.07, 6.45) is -0.633. The third kappa shape index (κ3) is 20.3. The zero-order valence-electron chi connectivity index (χ0n) is 50.6. The maximum Gasteiger partial charge on any atom is 0.296 e. The molecule has 9 N–H and O–H groups in total. The third-order valence-corrected chi connectivity index (χ3v) is 19.7. The zero-order valence-corrected chi connectivity index (χ0v) is 57.1. The number of ether oxygens (including phenoxy) is 1. The van der Waals surface area contributed by atoms with E-state index < -0.39 is 124 Å². The van der Waals surface area contributed by atoms with Crippen LogP contribution >= 0.6 is 35.1 Å². The molecule has 512 valence electrons. The van der Waals surface area contributed by atoms with Gasteiger partial charge in [0.25, 0.3) is 50.6 Å². The Morgan fingerprint density at radius 2 is 1.02 bits per heavy atom. The summed E-state index contributed by atoms with van der Waals surface area (Å²) in [7, 11) is -23.4. The molecule has 0 aliphatic carbocycles. The molecule has 0 aliphatic heterocycles. The largest absolute Gasteiger partial charge is 0.493 e. The number of hydrogen-bond acceptors (Lipinski definition) is 28. The van der Waals surface area contributed by atoms with Crippen LogP contribution in [0, 0.1) is 36.5 Å². The highest BCUT2D eigenvalue weighted by molar-refractivity contribution is 7.99. The number of nitriles is 2. The quantitative estimate of drug-likeness (QED) is 0.00952. The van der Waals surface area contributed by atoms with Gasteiger partial charge in [0.05, 0.1) is 62.5 Å². The second-order valence-electron chi connectivity index (χ2n) is 20.3. The Morgan fingerprint density at radius 3 is 1.47 bits per heavy atom. The standard InChI is InChI=1S/C54H52ClN15O20S7/c1-27-9-10-48(96(84,85)86)52-50(27)61-53-33(26-57)28(2)51(54(74)70(52)53)69-66-42-18-36(58-29(3)71)39(21-45(42)90-11-6-14-93(75,76)77)63-67-43-20-38(60-31(5)73)41(23-47(43)92-13-8-16-95(81,82)83)65-68-44-19-37(59-30(4)72)40(22-46(44)91-12-7-15-94(78,79)80)64-62-35-24-49(97(87,88)89)34(55)17-32(35)25-56/h9-10,17-24,74H,6-8,11-16H2,1-5H3,(H,58,71)(H,59,72)(H,60,73)(H,75,76,77)(H,78,79,80)(H,81,82,83)(H,84,85,86)(H,87,88,89). The molecule has 0 bridgehead atoms. The number of aryl methyl sites for hydroxylation is 1. The summed E-state index contributed by atoms with van der Waals surface area (Å²) < 4.78 is 175. The normalized spacial score (nSPS) is 12.5. The second kappa shape index (κ2) is 31.0. The molecule has 7 aromatic rings. The molecular weight excluding hydrogens is 1440 g/mol. The Morgan fingerprint density at radius 1 is 0.577 bits per heavy atom. The van der Waals surface area contributed by atoms with Gasteiger partial charge in [-0.2, -0.15) is 52.6 Å². The number of amides is 3. The Labute approximate surface area is 565 Å². The van der Waals surface area contributed by atoms with Gasteiger partial charge in [0.1, 0.15) is 73.1 Å². The number of thioether (sulfide) groups is 2. The molecule has 35 nitrogen and oxygen atoms in total. The monoisotopic (exact) mass is 1490 g/mol. The highest BCUT2D eigenvalue weighted by Crippen LogP contribution is 2.47. The van der Waals surface area contributed by atoms with Crippen LogP contribution < -0.4 is 20.7 Å². The molecule has 5 aromatic carbocycles. The molecular formula is C54H52ClN15O20S7. The van der Waals surface area contributed by atoms with Gasteiger partial charge in [-0.3, -0.25) is 41.5 Å². The van der Waals surface area contributed by atoms with Gasteiger partial charge in [0, 0.05) is 42.2 Å². The fourth-order valence-electron chi connectivity index (χ4n) is 8.66. The van der Waals surface area contributed by atoms with Crippen molar-refractivity contribution in [2.75, 3.05) is 51.3 Å². The number of halogens is 1. The first-order valence-electron chi connectivity index (χ1n) is 27.3. The van der Waals surface area contributed by atoms with Crippen LogP contribution in [0.25, 0.3) is 16.7 Å². The number of hydrogen-bond donors (Lipinski definition) is 9. The van der Waals surface area contributed by atoms with Crippen LogP contribution in [-0.2, 0) is 65.0 Å². The molecule has 0 saturated carbocycles. The minimum atomic E-state index is -4.99. The summed E-state index contributed by atoms with van der Waals surface area (Å²) in [5.74, 6) is -5.44. The third-order valence-electron chi connectivity index (χ3n) is 12.8. The van der Waals surface area contributed by atoms with Gasteiger partial charge in [0.15, 0.2) is 11.3 Å². The van der Waals surface area contributed by atoms with Crippen molar-refractivity contribution in [3.8, 4) is 23.8 Å². The lowest BCUT2D eigenvalue weighted by Gasteiger charge is -2.14. The Hall–Kier alpha value is -9.02. The van der Waals surface area contributed by atoms with Crippen LogP contribution in [0.3, 0.4) is 0 Å². The number of nitrogens with one attached hydrogen (secondary N) is 3. The summed E-state index contributed by atoms with van der Waals surface area (Å²) in [4.78, 5) is 41.6. The molecule has 0 spiro atoms. The Kier molecular flexibility index (Phi) is 24.1. The summed E-state index contributed by atoms with van der Waals surface area (Å²) >= 11 is 7.88. The first kappa shape index (κ1) is 75.4. The minimum Gasteiger partial charge on any atom is -0.493 e. The van der Waals surface area contributed by atoms with E-state index in [0.717, 1.165) is 79.0 Å². The number of nitrogens with zero attached hydrogens (tertiary/aromatic N) is 12. The van der Waals surface area contributed by atoms with Crippen molar-refractivity contribution < 1.29 is 89.1 Å². The number of anilines is 3. The number of fused-ring (bicyclic) bond motifs is 3. The lowest BCUT2D eigenvalue weighted by atomic mass is 10.1. The van der Waals surface area contributed by atoms with Crippen molar-refractivity contribution in [1.29, 1.82) is 10.5 Å². The number of aromatic nitrogens is 2. The lowest BCUT2D eigenvalue weighted by molar-refractivity contribution is -0.115. The number of azo groups is 4. The molecule has 2 heterocycles. The van der Waals surface area contributed by atoms with Crippen molar-refractivity contribution in [1.82, 2.24) is 9.38 Å². The molecule has 0 atom stereocenters. The van der Waals surface area contributed by atoms with Crippen molar-refractivity contribution in [2.24, 2.45) is 40.9 Å². The SMILES string of the molecule is CC(=O)Nc1cc(N=Nc2cc(SCCCS(=O)(=O)O)c(N=Nc3cc(OCCCS(=O)(=O)O)c(N=Nc4c(C)c(C#N)c5nc6c(C)ccc(S(=O)(=O)O)c6n5c4O)cc3NC(C)=O)cc2NC(C)=O)c(SCCCS(=O)(=O)O)cc1N=Nc1cc(S(=O)(=O)O)c(Cl)cc1C#N. The highest BCUT2D eigenvalue weighted by Gasteiger charge is 2.28. The van der Waals surface area contributed by atoms with Crippen LogP contribution in [0.5, 0.6) is 11.6 Å². The summed E-state index contributed by atoms with van der Waals surface area (Å²) in [6, 6.07) is 15.2. The average Bonchev–Trinajstić information content (AvgIpc) is 1.58. The van der Waals surface area contributed by atoms with Gasteiger partial charge in [-0.05, 0) is 98.7 Å². The van der Waals surface area contributed by atoms with Crippen molar-refractivity contribution in [3.05, 3.63) is 87.9 Å². The van der Waals surface area contributed by atoms with E-state index in [2.05, 4.69) is 61.8 Å². The summed E-state index contributed by atoms with van der Waals surface area (Å²) in [6.45, 7) is 5.83. The number of carbonyl (C=O) groups is 3. The zero-order chi connectivity index (χ0) is 71.7. The van der Waals surface area contributed by atoms with Crippen molar-refractivity contribution in [2.45, 2.75) is 73.5 Å². The maximum atomic E-state index is 12.9. The van der Waals surface area contributed by atoms with E-state index >= 15 is 0 Å². The molecule has 0 saturated heterocycles. The minimum absolute atomic E-state index is 0.0164. The Bertz CT molecular complexity index is 5210. The first-order valence-corrected chi connectivity index (χ1v) is 37.3. The molecule has 7 rings (SSSR count). The van der Waals surface area contributed by atoms with E-state index in [1.165, 1.54) is 37.3 Å². The van der Waals surface area contributed by atoms with Crippen molar-refractivity contribution in [3.63, 3.8) is 0 Å². The van der Waals surface area contributed by atoms with E-state index in [1.54, 1.807) is 13.0 Å². The topological polar surface area (TPSA) is 552 Å². The molecule has 0 unspecified atom stereocenters. The van der Waals surface area contributed by atoms with Crippen LogP contribution in [0.15, 0.2) is 121 Å². The first-order chi connectivity index (χ1) is 45.2. The molecule has 43 heteroatoms. The Balaban J connectivity index is 1.40.